The Hall–Kier alpha value is -3.61. The summed E-state index contributed by atoms with van der Waals surface area (Å²) in [5.74, 6) is -1.36. The van der Waals surface area contributed by atoms with Gasteiger partial charge in [-0.25, -0.2) is 9.59 Å². The molecular formula is C21H19NO6. The number of ketones is 1. The van der Waals surface area contributed by atoms with Crippen LogP contribution in [-0.4, -0.2) is 38.0 Å². The quantitative estimate of drug-likeness (QED) is 0.580. The summed E-state index contributed by atoms with van der Waals surface area (Å²) in [6, 6.07) is 15.5. The standard InChI is InChI=1S/C21H19NO6/c1-26-15-10-8-13(9-11-15)12-22-17-16(20(24)27-2)19(28-21(17)25)18(23)14-6-4-3-5-7-14/h3-11,19,22H,12H2,1-2H3. The second-order valence-corrected chi connectivity index (χ2v) is 6.00. The first-order valence-electron chi connectivity index (χ1n) is 8.54. The molecule has 1 atom stereocenters. The molecule has 3 rings (SSSR count). The van der Waals surface area contributed by atoms with Gasteiger partial charge in [0, 0.05) is 12.1 Å². The molecule has 7 heteroatoms. The third-order valence-electron chi connectivity index (χ3n) is 4.29. The molecule has 0 spiro atoms. The summed E-state index contributed by atoms with van der Waals surface area (Å²) >= 11 is 0. The molecule has 144 valence electrons. The number of rotatable bonds is 7. The Morgan fingerprint density at radius 3 is 2.32 bits per heavy atom. The van der Waals surface area contributed by atoms with Crippen LogP contribution in [0.4, 0.5) is 0 Å². The van der Waals surface area contributed by atoms with Gasteiger partial charge in [0.05, 0.1) is 14.2 Å². The monoisotopic (exact) mass is 381 g/mol. The summed E-state index contributed by atoms with van der Waals surface area (Å²) in [6.07, 6.45) is -1.35. The zero-order valence-corrected chi connectivity index (χ0v) is 15.4. The minimum atomic E-state index is -1.35. The molecule has 0 aliphatic carbocycles. The average molecular weight is 381 g/mol. The smallest absolute Gasteiger partial charge is 0.356 e. The van der Waals surface area contributed by atoms with Crippen LogP contribution in [0, 0.1) is 0 Å². The number of ether oxygens (including phenoxy) is 3. The molecule has 0 bridgehead atoms. The lowest BCUT2D eigenvalue weighted by molar-refractivity contribution is -0.139. The summed E-state index contributed by atoms with van der Waals surface area (Å²) < 4.78 is 15.1. The normalized spacial score (nSPS) is 15.8. The van der Waals surface area contributed by atoms with Crippen LogP contribution in [-0.2, 0) is 25.6 Å². The maximum atomic E-state index is 12.8. The molecule has 0 amide bonds. The lowest BCUT2D eigenvalue weighted by Gasteiger charge is -2.11. The van der Waals surface area contributed by atoms with Crippen molar-refractivity contribution < 1.29 is 28.6 Å². The number of hydrogen-bond acceptors (Lipinski definition) is 7. The van der Waals surface area contributed by atoms with Gasteiger partial charge in [-0.15, -0.1) is 0 Å². The van der Waals surface area contributed by atoms with E-state index in [1.807, 2.05) is 12.1 Å². The van der Waals surface area contributed by atoms with Gasteiger partial charge in [0.2, 0.25) is 5.78 Å². The molecular weight excluding hydrogens is 362 g/mol. The van der Waals surface area contributed by atoms with Crippen molar-refractivity contribution in [3.05, 3.63) is 77.0 Å². The van der Waals surface area contributed by atoms with E-state index in [1.54, 1.807) is 49.6 Å². The first kappa shape index (κ1) is 19.2. The third kappa shape index (κ3) is 3.88. The van der Waals surface area contributed by atoms with Crippen LogP contribution in [0.15, 0.2) is 65.9 Å². The number of carbonyl (C=O) groups excluding carboxylic acids is 3. The predicted octanol–water partition coefficient (Wildman–Crippen LogP) is 2.02. The minimum Gasteiger partial charge on any atom is -0.497 e. The Morgan fingerprint density at radius 1 is 1.04 bits per heavy atom. The number of esters is 2. The fourth-order valence-corrected chi connectivity index (χ4v) is 2.82. The molecule has 1 aliphatic rings. The number of cyclic esters (lactones) is 1. The maximum Gasteiger partial charge on any atom is 0.356 e. The molecule has 0 radical (unpaired) electrons. The second-order valence-electron chi connectivity index (χ2n) is 6.00. The number of carbonyl (C=O) groups is 3. The predicted molar refractivity (Wildman–Crippen MR) is 99.5 cm³/mol. The van der Waals surface area contributed by atoms with E-state index in [0.29, 0.717) is 11.3 Å². The van der Waals surface area contributed by atoms with E-state index < -0.39 is 23.8 Å². The number of methoxy groups -OCH3 is 2. The van der Waals surface area contributed by atoms with Gasteiger partial charge < -0.3 is 19.5 Å². The first-order valence-corrected chi connectivity index (χ1v) is 8.54. The summed E-state index contributed by atoms with van der Waals surface area (Å²) in [7, 11) is 2.75. The van der Waals surface area contributed by atoms with Crippen molar-refractivity contribution in [3.63, 3.8) is 0 Å². The summed E-state index contributed by atoms with van der Waals surface area (Å²) in [5.41, 5.74) is 0.980. The molecule has 0 saturated heterocycles. The minimum absolute atomic E-state index is 0.0723. The Morgan fingerprint density at radius 2 is 1.71 bits per heavy atom. The van der Waals surface area contributed by atoms with Gasteiger partial charge in [0.25, 0.3) is 0 Å². The fraction of sp³-hybridized carbons (Fsp3) is 0.190. The van der Waals surface area contributed by atoms with E-state index in [0.717, 1.165) is 5.56 Å². The largest absolute Gasteiger partial charge is 0.497 e. The van der Waals surface area contributed by atoms with Crippen LogP contribution in [0.3, 0.4) is 0 Å². The van der Waals surface area contributed by atoms with E-state index in [2.05, 4.69) is 5.32 Å². The van der Waals surface area contributed by atoms with Crippen molar-refractivity contribution in [2.24, 2.45) is 0 Å². The number of hydrogen-bond donors (Lipinski definition) is 1. The average Bonchev–Trinajstić information content (AvgIpc) is 3.08. The van der Waals surface area contributed by atoms with Gasteiger partial charge in [-0.1, -0.05) is 42.5 Å². The topological polar surface area (TPSA) is 90.9 Å². The van der Waals surface area contributed by atoms with Gasteiger partial charge in [0.15, 0.2) is 6.10 Å². The summed E-state index contributed by atoms with van der Waals surface area (Å²) in [4.78, 5) is 37.4. The van der Waals surface area contributed by atoms with Gasteiger partial charge in [-0.3, -0.25) is 4.79 Å². The summed E-state index contributed by atoms with van der Waals surface area (Å²) in [6.45, 7) is 0.251. The van der Waals surface area contributed by atoms with Crippen molar-refractivity contribution in [2.75, 3.05) is 14.2 Å². The molecule has 1 unspecified atom stereocenters. The van der Waals surface area contributed by atoms with E-state index in [1.165, 1.54) is 7.11 Å². The van der Waals surface area contributed by atoms with E-state index in [9.17, 15) is 14.4 Å². The van der Waals surface area contributed by atoms with Crippen molar-refractivity contribution in [3.8, 4) is 5.75 Å². The molecule has 2 aromatic rings. The van der Waals surface area contributed by atoms with Crippen LogP contribution >= 0.6 is 0 Å². The highest BCUT2D eigenvalue weighted by atomic mass is 16.6. The highest BCUT2D eigenvalue weighted by Crippen LogP contribution is 2.26. The number of Topliss-reactive ketones (excluding diaryl/α,β-unsaturated/α-hetero) is 1. The molecule has 1 N–H and O–H groups in total. The van der Waals surface area contributed by atoms with Gasteiger partial charge >= 0.3 is 11.9 Å². The number of benzene rings is 2. The van der Waals surface area contributed by atoms with Gasteiger partial charge in [-0.05, 0) is 17.7 Å². The van der Waals surface area contributed by atoms with Crippen LogP contribution < -0.4 is 10.1 Å². The SMILES string of the molecule is COC(=O)C1=C(NCc2ccc(OC)cc2)C(=O)OC1C(=O)c1ccccc1. The zero-order chi connectivity index (χ0) is 20.1. The van der Waals surface area contributed by atoms with Crippen LogP contribution in [0.1, 0.15) is 15.9 Å². The second kappa shape index (κ2) is 8.39. The van der Waals surface area contributed by atoms with Gasteiger partial charge in [-0.2, -0.15) is 0 Å². The maximum absolute atomic E-state index is 12.8. The van der Waals surface area contributed by atoms with Crippen LogP contribution in [0.2, 0.25) is 0 Å². The Balaban J connectivity index is 1.87. The Bertz CT molecular complexity index is 918. The lowest BCUT2D eigenvalue weighted by Crippen LogP contribution is -2.28. The van der Waals surface area contributed by atoms with Crippen LogP contribution in [0.5, 0.6) is 5.75 Å². The van der Waals surface area contributed by atoms with E-state index in [4.69, 9.17) is 14.2 Å². The lowest BCUT2D eigenvalue weighted by atomic mass is 10.00. The molecule has 1 aliphatic heterocycles. The van der Waals surface area contributed by atoms with Crippen molar-refractivity contribution in [2.45, 2.75) is 12.6 Å². The first-order chi connectivity index (χ1) is 13.5. The van der Waals surface area contributed by atoms with Gasteiger partial charge in [0.1, 0.15) is 17.0 Å². The molecule has 28 heavy (non-hydrogen) atoms. The molecule has 0 saturated carbocycles. The van der Waals surface area contributed by atoms with Crippen molar-refractivity contribution in [1.29, 1.82) is 0 Å². The molecule has 1 heterocycles. The zero-order valence-electron chi connectivity index (χ0n) is 15.4. The Kier molecular flexibility index (Phi) is 5.74. The highest BCUT2D eigenvalue weighted by Gasteiger charge is 2.43. The van der Waals surface area contributed by atoms with Crippen LogP contribution in [0.25, 0.3) is 0 Å². The third-order valence-corrected chi connectivity index (χ3v) is 4.29. The van der Waals surface area contributed by atoms with Crippen molar-refractivity contribution >= 4 is 17.7 Å². The molecule has 0 aromatic heterocycles. The fourth-order valence-electron chi connectivity index (χ4n) is 2.82. The molecule has 7 nitrogen and oxygen atoms in total. The molecule has 0 fully saturated rings. The number of nitrogens with one attached hydrogen (secondary N) is 1. The Labute approximate surface area is 161 Å². The van der Waals surface area contributed by atoms with E-state index in [-0.39, 0.29) is 17.8 Å². The highest BCUT2D eigenvalue weighted by molar-refractivity contribution is 6.14. The van der Waals surface area contributed by atoms with Crippen molar-refractivity contribution in [1.82, 2.24) is 5.32 Å². The van der Waals surface area contributed by atoms with E-state index >= 15 is 0 Å². The molecule has 2 aromatic carbocycles. The summed E-state index contributed by atoms with van der Waals surface area (Å²) in [5, 5.41) is 2.90.